The maximum atomic E-state index is 13.7. The van der Waals surface area contributed by atoms with Gasteiger partial charge in [-0.15, -0.1) is 11.6 Å². The SMILES string of the molecule is CSCC(C)n1c(CCl)nc2cc(I)c(F)cc21. The molecular formula is C12H13ClFIN2S. The van der Waals surface area contributed by atoms with Crippen LogP contribution in [0, 0.1) is 9.39 Å². The second-order valence-electron chi connectivity index (χ2n) is 4.09. The first-order valence-electron chi connectivity index (χ1n) is 5.49. The molecule has 2 aromatic rings. The van der Waals surface area contributed by atoms with Gasteiger partial charge in [0.05, 0.1) is 20.5 Å². The Hall–Kier alpha value is -0.0100. The van der Waals surface area contributed by atoms with E-state index in [1.54, 1.807) is 23.9 Å². The minimum Gasteiger partial charge on any atom is -0.323 e. The zero-order valence-electron chi connectivity index (χ0n) is 10.1. The number of fused-ring (bicyclic) bond motifs is 1. The molecule has 0 aliphatic carbocycles. The Kier molecular flexibility index (Phi) is 4.77. The lowest BCUT2D eigenvalue weighted by Crippen LogP contribution is -2.10. The molecule has 1 heterocycles. The highest BCUT2D eigenvalue weighted by atomic mass is 127. The molecule has 18 heavy (non-hydrogen) atoms. The highest BCUT2D eigenvalue weighted by Gasteiger charge is 2.16. The summed E-state index contributed by atoms with van der Waals surface area (Å²) >= 11 is 9.68. The third-order valence-electron chi connectivity index (χ3n) is 2.77. The molecular weight excluding hydrogens is 386 g/mol. The van der Waals surface area contributed by atoms with Gasteiger partial charge in [0, 0.05) is 17.9 Å². The fourth-order valence-electron chi connectivity index (χ4n) is 2.04. The molecule has 0 saturated carbocycles. The van der Waals surface area contributed by atoms with Crippen LogP contribution in [0.25, 0.3) is 11.0 Å². The van der Waals surface area contributed by atoms with Crippen molar-refractivity contribution >= 4 is 57.0 Å². The van der Waals surface area contributed by atoms with E-state index in [4.69, 9.17) is 11.6 Å². The number of hydrogen-bond acceptors (Lipinski definition) is 2. The monoisotopic (exact) mass is 398 g/mol. The number of rotatable bonds is 4. The Morgan fingerprint density at radius 2 is 2.28 bits per heavy atom. The minimum atomic E-state index is -0.207. The van der Waals surface area contributed by atoms with E-state index in [0.717, 1.165) is 22.6 Å². The Bertz CT molecular complexity index is 573. The van der Waals surface area contributed by atoms with Gasteiger partial charge in [0.25, 0.3) is 0 Å². The van der Waals surface area contributed by atoms with Crippen LogP contribution < -0.4 is 0 Å². The Morgan fingerprint density at radius 1 is 1.56 bits per heavy atom. The Morgan fingerprint density at radius 3 is 2.89 bits per heavy atom. The van der Waals surface area contributed by atoms with Crippen molar-refractivity contribution in [2.75, 3.05) is 12.0 Å². The van der Waals surface area contributed by atoms with E-state index in [1.165, 1.54) is 0 Å². The summed E-state index contributed by atoms with van der Waals surface area (Å²) in [4.78, 5) is 4.49. The summed E-state index contributed by atoms with van der Waals surface area (Å²) in [5.74, 6) is 1.88. The topological polar surface area (TPSA) is 17.8 Å². The molecule has 1 atom stereocenters. The van der Waals surface area contributed by atoms with E-state index in [2.05, 4.69) is 18.2 Å². The Balaban J connectivity index is 2.64. The lowest BCUT2D eigenvalue weighted by Gasteiger charge is -2.15. The van der Waals surface area contributed by atoms with Crippen LogP contribution >= 0.6 is 46.0 Å². The van der Waals surface area contributed by atoms with E-state index in [9.17, 15) is 4.39 Å². The van der Waals surface area contributed by atoms with Crippen LogP contribution in [0.15, 0.2) is 12.1 Å². The third-order valence-corrected chi connectivity index (χ3v) is 4.65. The highest BCUT2D eigenvalue weighted by Crippen LogP contribution is 2.27. The molecule has 0 fully saturated rings. The van der Waals surface area contributed by atoms with E-state index < -0.39 is 0 Å². The minimum absolute atomic E-state index is 0.207. The van der Waals surface area contributed by atoms with Crippen LogP contribution in [0.1, 0.15) is 18.8 Å². The molecule has 1 aromatic heterocycles. The van der Waals surface area contributed by atoms with Gasteiger partial charge in [-0.1, -0.05) is 0 Å². The summed E-state index contributed by atoms with van der Waals surface area (Å²) in [6.45, 7) is 2.10. The second-order valence-corrected chi connectivity index (χ2v) is 6.43. The molecule has 1 unspecified atom stereocenters. The van der Waals surface area contributed by atoms with Crippen molar-refractivity contribution in [1.82, 2.24) is 9.55 Å². The molecule has 1 aromatic carbocycles. The van der Waals surface area contributed by atoms with Crippen molar-refractivity contribution in [2.45, 2.75) is 18.8 Å². The van der Waals surface area contributed by atoms with Gasteiger partial charge in [0.15, 0.2) is 0 Å². The normalized spacial score (nSPS) is 13.2. The number of imidazole rings is 1. The number of hydrogen-bond donors (Lipinski definition) is 0. The lowest BCUT2D eigenvalue weighted by molar-refractivity contribution is 0.598. The van der Waals surface area contributed by atoms with Gasteiger partial charge in [-0.25, -0.2) is 9.37 Å². The van der Waals surface area contributed by atoms with Gasteiger partial charge in [0.2, 0.25) is 0 Å². The summed E-state index contributed by atoms with van der Waals surface area (Å²) in [5.41, 5.74) is 1.63. The quantitative estimate of drug-likeness (QED) is 0.560. The molecule has 2 rings (SSSR count). The smallest absolute Gasteiger partial charge is 0.138 e. The van der Waals surface area contributed by atoms with Crippen LogP contribution in [0.3, 0.4) is 0 Å². The van der Waals surface area contributed by atoms with Crippen molar-refractivity contribution < 1.29 is 4.39 Å². The molecule has 6 heteroatoms. The maximum absolute atomic E-state index is 13.7. The number of aromatic nitrogens is 2. The first kappa shape index (κ1) is 14.4. The molecule has 2 nitrogen and oxygen atoms in total. The average Bonchev–Trinajstić information content (AvgIpc) is 2.68. The molecule has 0 radical (unpaired) electrons. The van der Waals surface area contributed by atoms with E-state index in [-0.39, 0.29) is 11.9 Å². The van der Waals surface area contributed by atoms with E-state index in [1.807, 2.05) is 27.2 Å². The molecule has 98 valence electrons. The third kappa shape index (κ3) is 2.63. The maximum Gasteiger partial charge on any atom is 0.138 e. The molecule has 0 saturated heterocycles. The lowest BCUT2D eigenvalue weighted by atomic mass is 10.3. The molecule has 0 bridgehead atoms. The summed E-state index contributed by atoms with van der Waals surface area (Å²) in [6, 6.07) is 3.57. The first-order valence-corrected chi connectivity index (χ1v) is 8.50. The van der Waals surface area contributed by atoms with Crippen LogP contribution in [0.4, 0.5) is 4.39 Å². The van der Waals surface area contributed by atoms with Gasteiger partial charge in [-0.05, 0) is 41.8 Å². The average molecular weight is 399 g/mol. The largest absolute Gasteiger partial charge is 0.323 e. The van der Waals surface area contributed by atoms with Gasteiger partial charge in [0.1, 0.15) is 11.6 Å². The first-order chi connectivity index (χ1) is 8.58. The van der Waals surface area contributed by atoms with Crippen molar-refractivity contribution in [3.63, 3.8) is 0 Å². The summed E-state index contributed by atoms with van der Waals surface area (Å²) in [5, 5.41) is 0. The van der Waals surface area contributed by atoms with Crippen molar-refractivity contribution in [2.24, 2.45) is 0 Å². The molecule has 0 aliphatic rings. The van der Waals surface area contributed by atoms with Crippen LogP contribution in [-0.4, -0.2) is 21.6 Å². The highest BCUT2D eigenvalue weighted by molar-refractivity contribution is 14.1. The molecule has 0 amide bonds. The van der Waals surface area contributed by atoms with Crippen LogP contribution in [0.2, 0.25) is 0 Å². The second kappa shape index (κ2) is 5.96. The van der Waals surface area contributed by atoms with Crippen LogP contribution in [0.5, 0.6) is 0 Å². The standard InChI is InChI=1S/C12H13ClFIN2S/c1-7(6-18-2)17-11-3-8(14)9(15)4-10(11)16-12(17)5-13/h3-4,7H,5-6H2,1-2H3. The molecule has 0 spiro atoms. The zero-order chi connectivity index (χ0) is 13.3. The van der Waals surface area contributed by atoms with Gasteiger partial charge < -0.3 is 4.57 Å². The molecule has 0 N–H and O–H groups in total. The fraction of sp³-hybridized carbons (Fsp3) is 0.417. The van der Waals surface area contributed by atoms with Crippen molar-refractivity contribution in [3.8, 4) is 0 Å². The number of thioether (sulfide) groups is 1. The number of halogens is 3. The van der Waals surface area contributed by atoms with E-state index in [0.29, 0.717) is 9.45 Å². The number of nitrogens with zero attached hydrogens (tertiary/aromatic N) is 2. The van der Waals surface area contributed by atoms with Crippen molar-refractivity contribution in [1.29, 1.82) is 0 Å². The summed E-state index contributed by atoms with van der Waals surface area (Å²) in [7, 11) is 0. The number of alkyl halides is 1. The predicted octanol–water partition coefficient (Wildman–Crippen LogP) is 4.44. The Labute approximate surface area is 128 Å². The van der Waals surface area contributed by atoms with Gasteiger partial charge >= 0.3 is 0 Å². The summed E-state index contributed by atoms with van der Waals surface area (Å²) in [6.07, 6.45) is 2.06. The van der Waals surface area contributed by atoms with Crippen LogP contribution in [-0.2, 0) is 5.88 Å². The van der Waals surface area contributed by atoms with Gasteiger partial charge in [-0.2, -0.15) is 11.8 Å². The van der Waals surface area contributed by atoms with Gasteiger partial charge in [-0.3, -0.25) is 0 Å². The fourth-order valence-corrected chi connectivity index (χ4v) is 3.31. The summed E-state index contributed by atoms with van der Waals surface area (Å²) < 4.78 is 16.3. The molecule has 0 aliphatic heterocycles. The zero-order valence-corrected chi connectivity index (χ0v) is 13.8. The van der Waals surface area contributed by atoms with E-state index >= 15 is 0 Å². The number of benzene rings is 1. The van der Waals surface area contributed by atoms with Crippen molar-refractivity contribution in [3.05, 3.63) is 27.3 Å². The predicted molar refractivity (Wildman–Crippen MR) is 85.1 cm³/mol.